The number of imidazole rings is 1. The van der Waals surface area contributed by atoms with E-state index in [1.807, 2.05) is 6.92 Å². The fraction of sp³-hybridized carbons (Fsp3) is 0.0588. The average molecular weight is 373 g/mol. The summed E-state index contributed by atoms with van der Waals surface area (Å²) >= 11 is 6.08. The Balaban J connectivity index is 1.86. The van der Waals surface area contributed by atoms with Crippen LogP contribution in [0.1, 0.15) is 5.69 Å². The van der Waals surface area contributed by atoms with E-state index in [0.717, 1.165) is 11.9 Å². The molecule has 0 radical (unpaired) electrons. The highest BCUT2D eigenvalue weighted by Crippen LogP contribution is 2.32. The molecule has 130 valence electrons. The van der Waals surface area contributed by atoms with Crippen LogP contribution in [0, 0.1) is 18.6 Å². The van der Waals surface area contributed by atoms with Gasteiger partial charge >= 0.3 is 0 Å². The second-order valence-corrected chi connectivity index (χ2v) is 5.94. The Morgan fingerprint density at radius 3 is 2.73 bits per heavy atom. The molecule has 1 aromatic carbocycles. The van der Waals surface area contributed by atoms with Gasteiger partial charge in [0, 0.05) is 11.8 Å². The number of H-pyrrole nitrogens is 1. The van der Waals surface area contributed by atoms with Crippen LogP contribution in [-0.4, -0.2) is 24.9 Å². The van der Waals surface area contributed by atoms with Gasteiger partial charge in [0.1, 0.15) is 34.8 Å². The number of aryl methyl sites for hydroxylation is 1. The maximum Gasteiger partial charge on any atom is 0.169 e. The minimum atomic E-state index is -0.639. The zero-order valence-corrected chi connectivity index (χ0v) is 14.1. The summed E-state index contributed by atoms with van der Waals surface area (Å²) in [5.74, 6) is -0.314. The number of benzene rings is 1. The van der Waals surface area contributed by atoms with Crippen LogP contribution in [0.25, 0.3) is 22.4 Å². The minimum absolute atomic E-state index is 0.0163. The van der Waals surface area contributed by atoms with Crippen molar-refractivity contribution in [2.45, 2.75) is 6.92 Å². The van der Waals surface area contributed by atoms with Gasteiger partial charge in [0.15, 0.2) is 11.6 Å². The summed E-state index contributed by atoms with van der Waals surface area (Å²) in [7, 11) is 0. The highest BCUT2D eigenvalue weighted by Gasteiger charge is 2.18. The van der Waals surface area contributed by atoms with Crippen LogP contribution in [0.15, 0.2) is 36.8 Å². The number of hydrogen-bond donors (Lipinski definition) is 2. The molecule has 4 rings (SSSR count). The van der Waals surface area contributed by atoms with Crippen molar-refractivity contribution in [3.63, 3.8) is 0 Å². The summed E-state index contributed by atoms with van der Waals surface area (Å²) in [4.78, 5) is 19.2. The molecule has 0 aliphatic heterocycles. The molecule has 0 aliphatic rings. The molecule has 0 amide bonds. The molecule has 3 heterocycles. The molecule has 26 heavy (non-hydrogen) atoms. The minimum Gasteiger partial charge on any atom is -0.335 e. The third-order valence-electron chi connectivity index (χ3n) is 3.72. The molecule has 2 N–H and O–H groups in total. The van der Waals surface area contributed by atoms with E-state index in [2.05, 4.69) is 30.2 Å². The Kier molecular flexibility index (Phi) is 3.96. The quantitative estimate of drug-likeness (QED) is 0.557. The summed E-state index contributed by atoms with van der Waals surface area (Å²) in [6, 6.07) is 5.98. The molecule has 4 aromatic rings. The number of fused-ring (bicyclic) bond motifs is 1. The Morgan fingerprint density at radius 2 is 1.96 bits per heavy atom. The largest absolute Gasteiger partial charge is 0.335 e. The summed E-state index contributed by atoms with van der Waals surface area (Å²) < 4.78 is 28.3. The molecule has 0 unspecified atom stereocenters. The molecule has 0 spiro atoms. The van der Waals surface area contributed by atoms with Crippen LogP contribution in [0.2, 0.25) is 5.02 Å². The van der Waals surface area contributed by atoms with Crippen molar-refractivity contribution in [3.05, 3.63) is 59.1 Å². The van der Waals surface area contributed by atoms with Crippen LogP contribution in [-0.2, 0) is 0 Å². The van der Waals surface area contributed by atoms with Gasteiger partial charge in [-0.25, -0.2) is 28.7 Å². The van der Waals surface area contributed by atoms with Crippen LogP contribution in [0.4, 0.5) is 20.4 Å². The first-order valence-corrected chi connectivity index (χ1v) is 7.95. The van der Waals surface area contributed by atoms with Gasteiger partial charge in [-0.3, -0.25) is 0 Å². The van der Waals surface area contributed by atoms with Crippen molar-refractivity contribution in [2.24, 2.45) is 0 Å². The molecule has 0 saturated carbocycles. The lowest BCUT2D eigenvalue weighted by atomic mass is 10.2. The molecule has 0 saturated heterocycles. The fourth-order valence-electron chi connectivity index (χ4n) is 2.55. The van der Waals surface area contributed by atoms with Gasteiger partial charge in [0.25, 0.3) is 0 Å². The summed E-state index contributed by atoms with van der Waals surface area (Å²) in [6.07, 6.45) is 2.43. The van der Waals surface area contributed by atoms with Crippen molar-refractivity contribution in [1.82, 2.24) is 24.9 Å². The van der Waals surface area contributed by atoms with E-state index in [9.17, 15) is 8.78 Å². The molecular formula is C17H11ClF2N6. The maximum absolute atomic E-state index is 14.2. The molecule has 0 atom stereocenters. The van der Waals surface area contributed by atoms with Gasteiger partial charge in [-0.05, 0) is 19.1 Å². The molecule has 0 bridgehead atoms. The van der Waals surface area contributed by atoms with Crippen LogP contribution < -0.4 is 5.32 Å². The monoisotopic (exact) mass is 372 g/mol. The highest BCUT2D eigenvalue weighted by atomic mass is 35.5. The van der Waals surface area contributed by atoms with Gasteiger partial charge in [0.05, 0.1) is 16.8 Å². The lowest BCUT2D eigenvalue weighted by Crippen LogP contribution is -1.99. The van der Waals surface area contributed by atoms with E-state index < -0.39 is 11.6 Å². The van der Waals surface area contributed by atoms with Gasteiger partial charge in [-0.2, -0.15) is 0 Å². The van der Waals surface area contributed by atoms with Crippen molar-refractivity contribution < 1.29 is 8.78 Å². The maximum atomic E-state index is 14.2. The second kappa shape index (κ2) is 6.30. The highest BCUT2D eigenvalue weighted by molar-refractivity contribution is 6.33. The lowest BCUT2D eigenvalue weighted by molar-refractivity contribution is 0.629. The first-order valence-electron chi connectivity index (χ1n) is 7.57. The van der Waals surface area contributed by atoms with Crippen LogP contribution in [0.3, 0.4) is 0 Å². The zero-order valence-electron chi connectivity index (χ0n) is 13.4. The number of nitrogens with one attached hydrogen (secondary N) is 2. The number of halogens is 3. The van der Waals surface area contributed by atoms with Crippen molar-refractivity contribution in [2.75, 3.05) is 5.32 Å². The first-order chi connectivity index (χ1) is 12.5. The standard InChI is InChI=1S/C17H11ClF2N6/c1-8-5-12(23-7-22-8)24-17-15-14(11(20)6-21-17)25-16(26-15)13-9(18)3-2-4-10(13)19/h2-7H,1H3,(H,25,26)(H,21,22,23,24). The number of rotatable bonds is 3. The topological polar surface area (TPSA) is 79.4 Å². The van der Waals surface area contributed by atoms with Gasteiger partial charge in [-0.15, -0.1) is 0 Å². The van der Waals surface area contributed by atoms with Crippen molar-refractivity contribution in [3.8, 4) is 11.4 Å². The smallest absolute Gasteiger partial charge is 0.169 e. The average Bonchev–Trinajstić information content (AvgIpc) is 3.03. The number of pyridine rings is 1. The molecule has 6 nitrogen and oxygen atoms in total. The van der Waals surface area contributed by atoms with E-state index in [4.69, 9.17) is 11.6 Å². The lowest BCUT2D eigenvalue weighted by Gasteiger charge is -2.06. The van der Waals surface area contributed by atoms with E-state index in [1.54, 1.807) is 6.07 Å². The Hall–Kier alpha value is -3.13. The third-order valence-corrected chi connectivity index (χ3v) is 4.04. The number of aromatic nitrogens is 5. The van der Waals surface area contributed by atoms with Crippen LogP contribution >= 0.6 is 11.6 Å². The summed E-state index contributed by atoms with van der Waals surface area (Å²) in [5.41, 5.74) is 1.11. The van der Waals surface area contributed by atoms with Crippen molar-refractivity contribution in [1.29, 1.82) is 0 Å². The normalized spacial score (nSPS) is 11.1. The van der Waals surface area contributed by atoms with Gasteiger partial charge in [-0.1, -0.05) is 17.7 Å². The Labute approximate surface area is 151 Å². The number of hydrogen-bond acceptors (Lipinski definition) is 5. The van der Waals surface area contributed by atoms with Gasteiger partial charge in [0.2, 0.25) is 0 Å². The molecule has 0 aliphatic carbocycles. The van der Waals surface area contributed by atoms with Gasteiger partial charge < -0.3 is 10.3 Å². The summed E-state index contributed by atoms with van der Waals surface area (Å²) in [5, 5.41) is 3.15. The number of anilines is 2. The predicted molar refractivity (Wildman–Crippen MR) is 94.3 cm³/mol. The van der Waals surface area contributed by atoms with E-state index in [0.29, 0.717) is 11.6 Å². The van der Waals surface area contributed by atoms with Crippen LogP contribution in [0.5, 0.6) is 0 Å². The fourth-order valence-corrected chi connectivity index (χ4v) is 2.80. The number of aromatic amines is 1. The van der Waals surface area contributed by atoms with E-state index in [1.165, 1.54) is 24.5 Å². The SMILES string of the molecule is Cc1cc(Nc2ncc(F)c3nc(-c4c(F)cccc4Cl)[nH]c23)ncn1. The molecule has 9 heteroatoms. The Bertz CT molecular complexity index is 1110. The predicted octanol–water partition coefficient (Wildman–Crippen LogP) is 4.40. The third kappa shape index (κ3) is 2.84. The molecular weight excluding hydrogens is 362 g/mol. The molecule has 0 fully saturated rings. The Morgan fingerprint density at radius 1 is 1.12 bits per heavy atom. The van der Waals surface area contributed by atoms with Crippen molar-refractivity contribution >= 4 is 34.3 Å². The van der Waals surface area contributed by atoms with E-state index >= 15 is 0 Å². The number of nitrogens with zero attached hydrogens (tertiary/aromatic N) is 4. The molecule has 3 aromatic heterocycles. The zero-order chi connectivity index (χ0) is 18.3. The first kappa shape index (κ1) is 16.3. The summed E-state index contributed by atoms with van der Waals surface area (Å²) in [6.45, 7) is 1.81. The van der Waals surface area contributed by atoms with E-state index in [-0.39, 0.29) is 27.4 Å². The second-order valence-electron chi connectivity index (χ2n) is 5.53.